The van der Waals surface area contributed by atoms with Gasteiger partial charge in [-0.25, -0.2) is 0 Å². The average molecular weight is 353 g/mol. The Morgan fingerprint density at radius 3 is 2.71 bits per heavy atom. The third kappa shape index (κ3) is 6.09. The molecule has 21 heavy (non-hydrogen) atoms. The molecule has 0 bridgehead atoms. The second-order valence-corrected chi connectivity index (χ2v) is 7.28. The smallest absolute Gasteiger partial charge is 0.0175 e. The molecule has 0 aromatic heterocycles. The Hall–Kier alpha value is -0.380. The zero-order chi connectivity index (χ0) is 15.1. The second kappa shape index (κ2) is 8.92. The summed E-state index contributed by atoms with van der Waals surface area (Å²) in [7, 11) is 0. The van der Waals surface area contributed by atoms with Crippen LogP contribution in [-0.4, -0.2) is 36.6 Å². The quantitative estimate of drug-likeness (QED) is 0.823. The highest BCUT2D eigenvalue weighted by molar-refractivity contribution is 9.10. The van der Waals surface area contributed by atoms with Gasteiger partial charge in [0.1, 0.15) is 0 Å². The number of halogens is 1. The Labute approximate surface area is 138 Å². The van der Waals surface area contributed by atoms with Gasteiger partial charge in [-0.05, 0) is 76.4 Å². The molecule has 1 aliphatic rings. The van der Waals surface area contributed by atoms with Crippen LogP contribution in [0.4, 0.5) is 0 Å². The van der Waals surface area contributed by atoms with Gasteiger partial charge in [-0.3, -0.25) is 0 Å². The fourth-order valence-electron chi connectivity index (χ4n) is 3.30. The molecule has 1 aromatic rings. The van der Waals surface area contributed by atoms with Crippen LogP contribution in [-0.2, 0) is 6.42 Å². The normalized spacial score (nSPS) is 22.0. The zero-order valence-electron chi connectivity index (χ0n) is 13.4. The largest absolute Gasteiger partial charge is 0.311 e. The van der Waals surface area contributed by atoms with Gasteiger partial charge in [-0.1, -0.05) is 35.0 Å². The van der Waals surface area contributed by atoms with E-state index in [9.17, 15) is 0 Å². The minimum atomic E-state index is 0.550. The molecule has 1 fully saturated rings. The van der Waals surface area contributed by atoms with E-state index in [1.807, 2.05) is 0 Å². The van der Waals surface area contributed by atoms with E-state index >= 15 is 0 Å². The molecule has 0 aliphatic carbocycles. The number of nitrogens with zero attached hydrogens (tertiary/aromatic N) is 1. The number of nitrogens with one attached hydrogen (secondary N) is 1. The average Bonchev–Trinajstić information content (AvgIpc) is 2.67. The molecular formula is C18H29BrN2. The van der Waals surface area contributed by atoms with E-state index in [1.165, 1.54) is 50.9 Å². The van der Waals surface area contributed by atoms with Crippen molar-refractivity contribution in [3.63, 3.8) is 0 Å². The summed E-state index contributed by atoms with van der Waals surface area (Å²) in [6, 6.07) is 9.95. The summed E-state index contributed by atoms with van der Waals surface area (Å²) >= 11 is 3.50. The fraction of sp³-hybridized carbons (Fsp3) is 0.667. The summed E-state index contributed by atoms with van der Waals surface area (Å²) in [4.78, 5) is 2.63. The number of hydrogen-bond donors (Lipinski definition) is 1. The van der Waals surface area contributed by atoms with Crippen LogP contribution in [0.15, 0.2) is 28.7 Å². The van der Waals surface area contributed by atoms with Crippen molar-refractivity contribution in [1.82, 2.24) is 10.2 Å². The summed E-state index contributed by atoms with van der Waals surface area (Å²) in [5.41, 5.74) is 1.42. The maximum absolute atomic E-state index is 3.85. The first-order chi connectivity index (χ1) is 10.2. The molecule has 0 amide bonds. The van der Waals surface area contributed by atoms with Crippen molar-refractivity contribution < 1.29 is 0 Å². The monoisotopic (exact) mass is 352 g/mol. The highest BCUT2D eigenvalue weighted by Gasteiger charge is 2.17. The van der Waals surface area contributed by atoms with Crippen LogP contribution in [0.1, 0.15) is 45.1 Å². The SMILES string of the molecule is CCCN1CCCC(NC(C)Cc2ccc(Br)cc2)CC1. The van der Waals surface area contributed by atoms with Crippen molar-refractivity contribution in [1.29, 1.82) is 0 Å². The van der Waals surface area contributed by atoms with Crippen molar-refractivity contribution >= 4 is 15.9 Å². The molecule has 2 atom stereocenters. The van der Waals surface area contributed by atoms with Crippen LogP contribution in [0.3, 0.4) is 0 Å². The van der Waals surface area contributed by atoms with Crippen molar-refractivity contribution in [2.75, 3.05) is 19.6 Å². The third-order valence-electron chi connectivity index (χ3n) is 4.34. The van der Waals surface area contributed by atoms with Crippen LogP contribution in [0.25, 0.3) is 0 Å². The molecule has 3 heteroatoms. The standard InChI is InChI=1S/C18H29BrN2/c1-3-11-21-12-4-5-18(10-13-21)20-15(2)14-16-6-8-17(19)9-7-16/h6-9,15,18,20H,3-5,10-14H2,1-2H3. The predicted molar refractivity (Wildman–Crippen MR) is 94.8 cm³/mol. The first-order valence-corrected chi connectivity index (χ1v) is 9.19. The minimum Gasteiger partial charge on any atom is -0.311 e. The first kappa shape index (κ1) is 17.0. The second-order valence-electron chi connectivity index (χ2n) is 6.37. The molecule has 1 saturated heterocycles. The maximum atomic E-state index is 3.85. The van der Waals surface area contributed by atoms with Gasteiger partial charge in [0.15, 0.2) is 0 Å². The molecule has 2 rings (SSSR count). The van der Waals surface area contributed by atoms with Crippen molar-refractivity contribution in [3.8, 4) is 0 Å². The molecule has 1 N–H and O–H groups in total. The van der Waals surface area contributed by atoms with E-state index in [-0.39, 0.29) is 0 Å². The van der Waals surface area contributed by atoms with Gasteiger partial charge < -0.3 is 10.2 Å². The molecule has 2 nitrogen and oxygen atoms in total. The van der Waals surface area contributed by atoms with Gasteiger partial charge in [0.25, 0.3) is 0 Å². The molecule has 0 spiro atoms. The minimum absolute atomic E-state index is 0.550. The van der Waals surface area contributed by atoms with E-state index < -0.39 is 0 Å². The summed E-state index contributed by atoms with van der Waals surface area (Å²) in [6.07, 6.45) is 6.35. The van der Waals surface area contributed by atoms with Crippen molar-refractivity contribution in [2.24, 2.45) is 0 Å². The van der Waals surface area contributed by atoms with E-state index in [1.54, 1.807) is 0 Å². The molecule has 1 heterocycles. The summed E-state index contributed by atoms with van der Waals surface area (Å²) < 4.78 is 1.16. The summed E-state index contributed by atoms with van der Waals surface area (Å²) in [5.74, 6) is 0. The third-order valence-corrected chi connectivity index (χ3v) is 4.86. The summed E-state index contributed by atoms with van der Waals surface area (Å²) in [6.45, 7) is 8.41. The van der Waals surface area contributed by atoms with Gasteiger partial charge in [-0.2, -0.15) is 0 Å². The Balaban J connectivity index is 1.76. The van der Waals surface area contributed by atoms with Crippen LogP contribution in [0.2, 0.25) is 0 Å². The lowest BCUT2D eigenvalue weighted by molar-refractivity contribution is 0.281. The van der Waals surface area contributed by atoms with Gasteiger partial charge in [0.05, 0.1) is 0 Å². The molecule has 118 valence electrons. The molecule has 1 aromatic carbocycles. The molecule has 0 radical (unpaired) electrons. The topological polar surface area (TPSA) is 15.3 Å². The molecule has 2 unspecified atom stereocenters. The first-order valence-electron chi connectivity index (χ1n) is 8.40. The molecule has 1 aliphatic heterocycles. The fourth-order valence-corrected chi connectivity index (χ4v) is 3.56. The van der Waals surface area contributed by atoms with Crippen LogP contribution >= 0.6 is 15.9 Å². The maximum Gasteiger partial charge on any atom is 0.0175 e. The van der Waals surface area contributed by atoms with E-state index in [4.69, 9.17) is 0 Å². The molecule has 0 saturated carbocycles. The van der Waals surface area contributed by atoms with Crippen molar-refractivity contribution in [3.05, 3.63) is 34.3 Å². The Bertz CT molecular complexity index is 404. The lowest BCUT2D eigenvalue weighted by Crippen LogP contribution is -2.38. The van der Waals surface area contributed by atoms with Crippen molar-refractivity contribution in [2.45, 2.75) is 58.0 Å². The van der Waals surface area contributed by atoms with E-state index in [2.05, 4.69) is 64.3 Å². The summed E-state index contributed by atoms with van der Waals surface area (Å²) in [5, 5.41) is 3.85. The highest BCUT2D eigenvalue weighted by atomic mass is 79.9. The van der Waals surface area contributed by atoms with Gasteiger partial charge >= 0.3 is 0 Å². The van der Waals surface area contributed by atoms with Crippen LogP contribution in [0, 0.1) is 0 Å². The van der Waals surface area contributed by atoms with E-state index in [0.717, 1.165) is 10.9 Å². The Kier molecular flexibility index (Phi) is 7.21. The Morgan fingerprint density at radius 1 is 1.24 bits per heavy atom. The van der Waals surface area contributed by atoms with Gasteiger partial charge in [0.2, 0.25) is 0 Å². The predicted octanol–water partition coefficient (Wildman–Crippen LogP) is 4.23. The van der Waals surface area contributed by atoms with Gasteiger partial charge in [-0.15, -0.1) is 0 Å². The lowest BCUT2D eigenvalue weighted by atomic mass is 10.0. The number of benzene rings is 1. The number of hydrogen-bond acceptors (Lipinski definition) is 2. The number of rotatable bonds is 6. The van der Waals surface area contributed by atoms with Crippen LogP contribution < -0.4 is 5.32 Å². The van der Waals surface area contributed by atoms with E-state index in [0.29, 0.717) is 12.1 Å². The number of likely N-dealkylation sites (tertiary alicyclic amines) is 1. The molecular weight excluding hydrogens is 324 g/mol. The lowest BCUT2D eigenvalue weighted by Gasteiger charge is -2.23. The van der Waals surface area contributed by atoms with Crippen LogP contribution in [0.5, 0.6) is 0 Å². The Morgan fingerprint density at radius 2 is 2.00 bits per heavy atom. The zero-order valence-corrected chi connectivity index (χ0v) is 15.0. The highest BCUT2D eigenvalue weighted by Crippen LogP contribution is 2.15. The van der Waals surface area contributed by atoms with Gasteiger partial charge in [0, 0.05) is 16.6 Å².